The van der Waals surface area contributed by atoms with Crippen LogP contribution in [-0.4, -0.2) is 30.4 Å². The van der Waals surface area contributed by atoms with Crippen LogP contribution < -0.4 is 29.1 Å². The van der Waals surface area contributed by atoms with Gasteiger partial charge in [-0.05, 0) is 97.2 Å². The van der Waals surface area contributed by atoms with Crippen LogP contribution in [0.3, 0.4) is 0 Å². The Balaban J connectivity index is 1.56. The largest absolute Gasteiger partial charge is 0.493 e. The molecule has 5 rings (SSSR count). The Morgan fingerprint density at radius 2 is 1.87 bits per heavy atom. The lowest BCUT2D eigenvalue weighted by Crippen LogP contribution is -2.39. The SMILES string of the molecule is CCOC(=O)C1=C(C)N=c2s/c(=C\c3cc(Br)c(OCc4ccc(Cl)cc4Cl)c(OC)c3)c(=O)n2[C@H]1c1ccc(OC(C)C)cc1. The van der Waals surface area contributed by atoms with Gasteiger partial charge in [-0.15, -0.1) is 0 Å². The van der Waals surface area contributed by atoms with Gasteiger partial charge in [-0.2, -0.15) is 0 Å². The molecule has 0 radical (unpaired) electrons. The molecule has 0 unspecified atom stereocenters. The number of fused-ring (bicyclic) bond motifs is 1. The normalized spacial score (nSPS) is 14.6. The topological polar surface area (TPSA) is 88.4 Å². The number of carbonyl (C=O) groups excluding carboxylic acids is 1. The summed E-state index contributed by atoms with van der Waals surface area (Å²) in [7, 11) is 1.54. The van der Waals surface area contributed by atoms with Crippen molar-refractivity contribution in [2.75, 3.05) is 13.7 Å². The highest BCUT2D eigenvalue weighted by Crippen LogP contribution is 2.38. The zero-order valence-electron chi connectivity index (χ0n) is 25.7. The zero-order chi connectivity index (χ0) is 33.1. The molecule has 240 valence electrons. The van der Waals surface area contributed by atoms with Crippen molar-refractivity contribution in [1.82, 2.24) is 4.57 Å². The van der Waals surface area contributed by atoms with Crippen LogP contribution in [0.5, 0.6) is 17.2 Å². The van der Waals surface area contributed by atoms with Crippen molar-refractivity contribution in [3.63, 3.8) is 0 Å². The molecular formula is C34H31BrCl2N2O6S. The van der Waals surface area contributed by atoms with Crippen molar-refractivity contribution in [3.8, 4) is 17.2 Å². The number of allylic oxidation sites excluding steroid dienone is 1. The van der Waals surface area contributed by atoms with E-state index in [1.54, 1.807) is 55.9 Å². The maximum absolute atomic E-state index is 14.1. The summed E-state index contributed by atoms with van der Waals surface area (Å²) in [4.78, 5) is 32.4. The minimum atomic E-state index is -0.734. The number of thiazole rings is 1. The van der Waals surface area contributed by atoms with Gasteiger partial charge in [-0.25, -0.2) is 9.79 Å². The molecule has 0 aliphatic carbocycles. The maximum Gasteiger partial charge on any atom is 0.338 e. The maximum atomic E-state index is 14.1. The molecule has 0 amide bonds. The van der Waals surface area contributed by atoms with E-state index in [1.165, 1.54) is 11.3 Å². The quantitative estimate of drug-likeness (QED) is 0.159. The van der Waals surface area contributed by atoms with Crippen LogP contribution in [0.25, 0.3) is 6.08 Å². The average molecular weight is 747 g/mol. The van der Waals surface area contributed by atoms with Crippen LogP contribution in [-0.2, 0) is 16.1 Å². The van der Waals surface area contributed by atoms with Crippen molar-refractivity contribution in [3.05, 3.63) is 117 Å². The molecule has 0 spiro atoms. The summed E-state index contributed by atoms with van der Waals surface area (Å²) in [5, 5.41) is 1.03. The molecule has 0 saturated carbocycles. The summed E-state index contributed by atoms with van der Waals surface area (Å²) < 4.78 is 25.5. The molecular weight excluding hydrogens is 715 g/mol. The molecule has 0 N–H and O–H groups in total. The Bertz CT molecular complexity index is 2000. The number of nitrogens with zero attached hydrogens (tertiary/aromatic N) is 2. The van der Waals surface area contributed by atoms with Crippen LogP contribution in [0, 0.1) is 0 Å². The first-order chi connectivity index (χ1) is 22.0. The lowest BCUT2D eigenvalue weighted by atomic mass is 9.96. The summed E-state index contributed by atoms with van der Waals surface area (Å²) in [6.45, 7) is 7.77. The van der Waals surface area contributed by atoms with Gasteiger partial charge in [-0.1, -0.05) is 52.7 Å². The highest BCUT2D eigenvalue weighted by atomic mass is 79.9. The number of hydrogen-bond acceptors (Lipinski definition) is 8. The molecule has 4 aromatic rings. The first-order valence-electron chi connectivity index (χ1n) is 14.4. The Hall–Kier alpha value is -3.57. The second-order valence-corrected chi connectivity index (χ2v) is 13.3. The second kappa shape index (κ2) is 14.5. The van der Waals surface area contributed by atoms with E-state index in [1.807, 2.05) is 44.2 Å². The van der Waals surface area contributed by atoms with Gasteiger partial charge in [0.1, 0.15) is 12.4 Å². The number of ether oxygens (including phenoxy) is 4. The molecule has 2 heterocycles. The van der Waals surface area contributed by atoms with Crippen LogP contribution >= 0.6 is 50.5 Å². The fraction of sp³-hybridized carbons (Fsp3) is 0.265. The lowest BCUT2D eigenvalue weighted by Gasteiger charge is -2.25. The highest BCUT2D eigenvalue weighted by Gasteiger charge is 2.33. The van der Waals surface area contributed by atoms with Gasteiger partial charge < -0.3 is 18.9 Å². The molecule has 8 nitrogen and oxygen atoms in total. The van der Waals surface area contributed by atoms with Crippen molar-refractivity contribution in [2.45, 2.75) is 46.4 Å². The van der Waals surface area contributed by atoms with Crippen molar-refractivity contribution >= 4 is 62.5 Å². The number of rotatable bonds is 10. The smallest absolute Gasteiger partial charge is 0.338 e. The average Bonchev–Trinajstić information content (AvgIpc) is 3.30. The van der Waals surface area contributed by atoms with Gasteiger partial charge in [0.2, 0.25) is 0 Å². The summed E-state index contributed by atoms with van der Waals surface area (Å²) in [5.41, 5.74) is 2.69. The molecule has 1 aromatic heterocycles. The number of carbonyl (C=O) groups is 1. The molecule has 3 aromatic carbocycles. The lowest BCUT2D eigenvalue weighted by molar-refractivity contribution is -0.139. The summed E-state index contributed by atoms with van der Waals surface area (Å²) in [6.07, 6.45) is 1.76. The summed E-state index contributed by atoms with van der Waals surface area (Å²) in [6, 6.07) is 15.5. The van der Waals surface area contributed by atoms with Crippen molar-refractivity contribution in [1.29, 1.82) is 0 Å². The highest BCUT2D eigenvalue weighted by molar-refractivity contribution is 9.10. The van der Waals surface area contributed by atoms with Gasteiger partial charge in [0.25, 0.3) is 5.56 Å². The van der Waals surface area contributed by atoms with Crippen LogP contribution in [0.2, 0.25) is 10.0 Å². The molecule has 0 fully saturated rings. The van der Waals surface area contributed by atoms with E-state index in [-0.39, 0.29) is 24.9 Å². The zero-order valence-corrected chi connectivity index (χ0v) is 29.6. The predicted molar refractivity (Wildman–Crippen MR) is 184 cm³/mol. The minimum Gasteiger partial charge on any atom is -0.493 e. The molecule has 1 aliphatic rings. The van der Waals surface area contributed by atoms with E-state index in [4.69, 9.17) is 42.1 Å². The fourth-order valence-corrected chi connectivity index (χ4v) is 7.09. The van der Waals surface area contributed by atoms with E-state index < -0.39 is 12.0 Å². The molecule has 46 heavy (non-hydrogen) atoms. The molecule has 1 atom stereocenters. The summed E-state index contributed by atoms with van der Waals surface area (Å²) in [5.74, 6) is 1.11. The Morgan fingerprint density at radius 3 is 2.52 bits per heavy atom. The van der Waals surface area contributed by atoms with Gasteiger partial charge in [0.15, 0.2) is 16.3 Å². The van der Waals surface area contributed by atoms with Crippen molar-refractivity contribution in [2.24, 2.45) is 4.99 Å². The number of halogens is 3. The third-order valence-corrected chi connectivity index (χ3v) is 9.18. The number of aromatic nitrogens is 1. The molecule has 0 bridgehead atoms. The minimum absolute atomic E-state index is 0.00187. The molecule has 1 aliphatic heterocycles. The number of benzene rings is 3. The van der Waals surface area contributed by atoms with Gasteiger partial charge in [0.05, 0.1) is 46.1 Å². The molecule has 0 saturated heterocycles. The van der Waals surface area contributed by atoms with Crippen LogP contribution in [0.15, 0.2) is 80.1 Å². The first kappa shape index (κ1) is 33.8. The Kier molecular flexibility index (Phi) is 10.6. The third-order valence-electron chi connectivity index (χ3n) is 7.02. The second-order valence-electron chi connectivity index (χ2n) is 10.6. The standard InChI is InChI=1S/C34H31BrCl2N2O6S/c1-6-43-33(41)29-19(4)38-34-39(30(29)21-8-11-24(12-9-21)45-18(2)3)32(40)28(46-34)15-20-13-25(35)31(27(14-20)42-5)44-17-22-7-10-23(36)16-26(22)37/h7-16,18,30H,6,17H2,1-5H3/b28-15-/t30-/m0/s1. The number of hydrogen-bond donors (Lipinski definition) is 0. The Labute approximate surface area is 288 Å². The van der Waals surface area contributed by atoms with E-state index >= 15 is 0 Å². The summed E-state index contributed by atoms with van der Waals surface area (Å²) >= 11 is 17.2. The predicted octanol–water partition coefficient (Wildman–Crippen LogP) is 7.24. The van der Waals surface area contributed by atoms with E-state index in [2.05, 4.69) is 20.9 Å². The number of esters is 1. The van der Waals surface area contributed by atoms with E-state index in [9.17, 15) is 9.59 Å². The fourth-order valence-electron chi connectivity index (χ4n) is 5.01. The van der Waals surface area contributed by atoms with E-state index in [0.29, 0.717) is 57.9 Å². The van der Waals surface area contributed by atoms with E-state index in [0.717, 1.165) is 11.1 Å². The number of methoxy groups -OCH3 is 1. The van der Waals surface area contributed by atoms with Gasteiger partial charge in [-0.3, -0.25) is 9.36 Å². The van der Waals surface area contributed by atoms with Gasteiger partial charge in [0, 0.05) is 15.6 Å². The Morgan fingerprint density at radius 1 is 1.13 bits per heavy atom. The van der Waals surface area contributed by atoms with Crippen LogP contribution in [0.4, 0.5) is 0 Å². The first-order valence-corrected chi connectivity index (χ1v) is 16.8. The third kappa shape index (κ3) is 7.20. The molecule has 12 heteroatoms. The van der Waals surface area contributed by atoms with Crippen molar-refractivity contribution < 1.29 is 23.7 Å². The monoisotopic (exact) mass is 744 g/mol. The van der Waals surface area contributed by atoms with Crippen LogP contribution in [0.1, 0.15) is 50.4 Å². The van der Waals surface area contributed by atoms with Gasteiger partial charge >= 0.3 is 5.97 Å².